The third-order valence-electron chi connectivity index (χ3n) is 10.3. The summed E-state index contributed by atoms with van der Waals surface area (Å²) >= 11 is 0. The summed E-state index contributed by atoms with van der Waals surface area (Å²) in [6.07, 6.45) is 17.2. The van der Waals surface area contributed by atoms with Gasteiger partial charge in [-0.2, -0.15) is 0 Å². The molecule has 1 nitrogen and oxygen atoms in total. The van der Waals surface area contributed by atoms with Gasteiger partial charge in [-0.25, -0.2) is 0 Å². The van der Waals surface area contributed by atoms with Gasteiger partial charge in [0.15, 0.2) is 0 Å². The van der Waals surface area contributed by atoms with Crippen LogP contribution in [-0.4, -0.2) is 11.2 Å². The van der Waals surface area contributed by atoms with Crippen LogP contribution in [0.5, 0.6) is 0 Å². The van der Waals surface area contributed by atoms with Crippen molar-refractivity contribution in [1.29, 1.82) is 0 Å². The zero-order valence-electron chi connectivity index (χ0n) is 19.3. The Morgan fingerprint density at radius 3 is 2.54 bits per heavy atom. The lowest BCUT2D eigenvalue weighted by Crippen LogP contribution is -2.50. The molecule has 1 N–H and O–H groups in total. The van der Waals surface area contributed by atoms with Gasteiger partial charge < -0.3 is 5.11 Å². The van der Waals surface area contributed by atoms with Crippen molar-refractivity contribution in [1.82, 2.24) is 0 Å². The van der Waals surface area contributed by atoms with Crippen molar-refractivity contribution in [2.75, 3.05) is 0 Å². The second-order valence-electron chi connectivity index (χ2n) is 12.2. The average molecular weight is 387 g/mol. The molecule has 0 bridgehead atoms. The monoisotopic (exact) mass is 386 g/mol. The highest BCUT2D eigenvalue weighted by Crippen LogP contribution is 2.67. The summed E-state index contributed by atoms with van der Waals surface area (Å²) in [6, 6.07) is 0. The standard InChI is InChI=1S/C27H46O/c1-18(2)7-6-8-19(3)23-11-12-24-22-10-9-20-17-21(28)13-15-26(20,4)25(22)14-16-27(23,24)5/h9,18-19,21-25,28H,6-8,10-17H2,1-5H3/t19?,21-,22?,23?,24?,25?,26-,27+/m0/s1. The average Bonchev–Trinajstić information content (AvgIpc) is 2.99. The van der Waals surface area contributed by atoms with Gasteiger partial charge in [-0.3, -0.25) is 0 Å². The highest BCUT2D eigenvalue weighted by atomic mass is 16.3. The largest absolute Gasteiger partial charge is 0.393 e. The number of hydrogen-bond acceptors (Lipinski definition) is 1. The molecule has 8 atom stereocenters. The number of allylic oxidation sites excluding steroid dienone is 1. The molecule has 0 aromatic carbocycles. The molecule has 0 saturated heterocycles. The molecule has 4 aliphatic rings. The van der Waals surface area contributed by atoms with E-state index >= 15 is 0 Å². The molecule has 0 aromatic heterocycles. The summed E-state index contributed by atoms with van der Waals surface area (Å²) in [5.41, 5.74) is 2.60. The van der Waals surface area contributed by atoms with Gasteiger partial charge in [-0.05, 0) is 97.7 Å². The molecule has 0 amide bonds. The molecule has 5 unspecified atom stereocenters. The van der Waals surface area contributed by atoms with Crippen molar-refractivity contribution in [2.45, 2.75) is 111 Å². The van der Waals surface area contributed by atoms with E-state index in [0.717, 1.165) is 48.3 Å². The molecule has 160 valence electrons. The SMILES string of the molecule is CC(C)CCCC(C)C1CCC2C3CC=C4C[C@@H](O)CC[C@]4(C)C3CC[C@]12C. The minimum atomic E-state index is -0.0766. The second-order valence-corrected chi connectivity index (χ2v) is 12.2. The summed E-state index contributed by atoms with van der Waals surface area (Å²) in [5.74, 6) is 5.46. The van der Waals surface area contributed by atoms with Crippen molar-refractivity contribution in [3.8, 4) is 0 Å². The number of hydrogen-bond donors (Lipinski definition) is 1. The minimum absolute atomic E-state index is 0.0766. The Kier molecular flexibility index (Phi) is 5.80. The third-order valence-corrected chi connectivity index (χ3v) is 10.3. The molecule has 0 spiro atoms. The van der Waals surface area contributed by atoms with Crippen molar-refractivity contribution in [3.63, 3.8) is 0 Å². The van der Waals surface area contributed by atoms with Crippen LogP contribution in [0.2, 0.25) is 0 Å². The first-order valence-corrected chi connectivity index (χ1v) is 12.6. The molecular weight excluding hydrogens is 340 g/mol. The Morgan fingerprint density at radius 1 is 1.00 bits per heavy atom. The lowest BCUT2D eigenvalue weighted by Gasteiger charge is -2.58. The molecule has 0 aromatic rings. The van der Waals surface area contributed by atoms with Crippen molar-refractivity contribution >= 4 is 0 Å². The minimum Gasteiger partial charge on any atom is -0.393 e. The molecule has 4 aliphatic carbocycles. The second kappa shape index (κ2) is 7.75. The van der Waals surface area contributed by atoms with Gasteiger partial charge in [0.25, 0.3) is 0 Å². The van der Waals surface area contributed by atoms with Gasteiger partial charge in [0.2, 0.25) is 0 Å². The van der Waals surface area contributed by atoms with Crippen LogP contribution in [0.4, 0.5) is 0 Å². The molecule has 3 fully saturated rings. The topological polar surface area (TPSA) is 20.2 Å². The zero-order chi connectivity index (χ0) is 20.1. The van der Waals surface area contributed by atoms with Gasteiger partial charge in [-0.1, -0.05) is 65.5 Å². The van der Waals surface area contributed by atoms with Crippen LogP contribution in [0.15, 0.2) is 11.6 Å². The fourth-order valence-corrected chi connectivity index (χ4v) is 8.67. The van der Waals surface area contributed by atoms with E-state index in [1.54, 1.807) is 5.57 Å². The Bertz CT molecular complexity index is 591. The van der Waals surface area contributed by atoms with Gasteiger partial charge in [0.05, 0.1) is 6.10 Å². The molecule has 1 heteroatoms. The Morgan fingerprint density at radius 2 is 1.79 bits per heavy atom. The number of aliphatic hydroxyl groups is 1. The zero-order valence-corrected chi connectivity index (χ0v) is 19.3. The Labute approximate surface area is 174 Å². The number of fused-ring (bicyclic) bond motifs is 5. The highest BCUT2D eigenvalue weighted by Gasteiger charge is 2.59. The van der Waals surface area contributed by atoms with Gasteiger partial charge >= 0.3 is 0 Å². The van der Waals surface area contributed by atoms with Gasteiger partial charge in [0.1, 0.15) is 0 Å². The van der Waals surface area contributed by atoms with Crippen molar-refractivity contribution in [3.05, 3.63) is 11.6 Å². The van der Waals surface area contributed by atoms with E-state index in [1.165, 1.54) is 57.8 Å². The quantitative estimate of drug-likeness (QED) is 0.488. The Balaban J connectivity index is 1.49. The third kappa shape index (κ3) is 3.42. The highest BCUT2D eigenvalue weighted by molar-refractivity contribution is 5.25. The van der Waals surface area contributed by atoms with Crippen LogP contribution in [0.25, 0.3) is 0 Å². The van der Waals surface area contributed by atoms with Crippen LogP contribution < -0.4 is 0 Å². The molecule has 0 aliphatic heterocycles. The van der Waals surface area contributed by atoms with E-state index < -0.39 is 0 Å². The number of aliphatic hydroxyl groups excluding tert-OH is 1. The normalized spacial score (nSPS) is 46.5. The van der Waals surface area contributed by atoms with Gasteiger partial charge in [0, 0.05) is 0 Å². The summed E-state index contributed by atoms with van der Waals surface area (Å²) in [4.78, 5) is 0. The van der Waals surface area contributed by atoms with Crippen molar-refractivity contribution in [2.24, 2.45) is 46.3 Å². The Hall–Kier alpha value is -0.300. The van der Waals surface area contributed by atoms with E-state index in [0.29, 0.717) is 10.8 Å². The fraction of sp³-hybridized carbons (Fsp3) is 0.926. The molecular formula is C27H46O. The predicted octanol–water partition coefficient (Wildman–Crippen LogP) is 7.39. The van der Waals surface area contributed by atoms with E-state index in [-0.39, 0.29) is 6.10 Å². The van der Waals surface area contributed by atoms with E-state index in [2.05, 4.69) is 40.7 Å². The summed E-state index contributed by atoms with van der Waals surface area (Å²) in [6.45, 7) is 12.6. The molecule has 0 heterocycles. The molecule has 28 heavy (non-hydrogen) atoms. The van der Waals surface area contributed by atoms with Crippen LogP contribution >= 0.6 is 0 Å². The van der Waals surface area contributed by atoms with Crippen LogP contribution in [-0.2, 0) is 0 Å². The molecule has 4 rings (SSSR count). The molecule has 3 saturated carbocycles. The fourth-order valence-electron chi connectivity index (χ4n) is 8.67. The maximum Gasteiger partial charge on any atom is 0.0577 e. The predicted molar refractivity (Wildman–Crippen MR) is 119 cm³/mol. The first kappa shape index (κ1) is 21.0. The maximum absolute atomic E-state index is 10.2. The van der Waals surface area contributed by atoms with Crippen LogP contribution in [0.1, 0.15) is 105 Å². The lowest BCUT2D eigenvalue weighted by molar-refractivity contribution is -0.0573. The number of rotatable bonds is 5. The van der Waals surface area contributed by atoms with Gasteiger partial charge in [-0.15, -0.1) is 0 Å². The summed E-state index contributed by atoms with van der Waals surface area (Å²) < 4.78 is 0. The van der Waals surface area contributed by atoms with E-state index in [9.17, 15) is 5.11 Å². The molecule has 0 radical (unpaired) electrons. The van der Waals surface area contributed by atoms with Crippen LogP contribution in [0.3, 0.4) is 0 Å². The smallest absolute Gasteiger partial charge is 0.0577 e. The lowest BCUT2D eigenvalue weighted by atomic mass is 9.47. The van der Waals surface area contributed by atoms with Crippen LogP contribution in [0, 0.1) is 46.3 Å². The first-order chi connectivity index (χ1) is 13.3. The summed E-state index contributed by atoms with van der Waals surface area (Å²) in [5, 5.41) is 10.2. The van der Waals surface area contributed by atoms with Crippen molar-refractivity contribution < 1.29 is 5.11 Å². The van der Waals surface area contributed by atoms with E-state index in [4.69, 9.17) is 0 Å². The van der Waals surface area contributed by atoms with E-state index in [1.807, 2.05) is 0 Å². The maximum atomic E-state index is 10.2. The first-order valence-electron chi connectivity index (χ1n) is 12.6. The summed E-state index contributed by atoms with van der Waals surface area (Å²) in [7, 11) is 0.